The minimum absolute atomic E-state index is 0.00914. The second-order valence-electron chi connectivity index (χ2n) is 7.11. The Morgan fingerprint density at radius 1 is 1.24 bits per heavy atom. The smallest absolute Gasteiger partial charge is 0.416 e. The van der Waals surface area contributed by atoms with Crippen molar-refractivity contribution in [1.82, 2.24) is 9.88 Å². The number of carboxylic acid groups (broad SMARTS) is 1. The molecular formula is C21H21F3N2O3. The van der Waals surface area contributed by atoms with E-state index in [1.807, 2.05) is 0 Å². The zero-order chi connectivity index (χ0) is 21.2. The van der Waals surface area contributed by atoms with Gasteiger partial charge in [-0.2, -0.15) is 13.2 Å². The van der Waals surface area contributed by atoms with Gasteiger partial charge in [-0.1, -0.05) is 12.1 Å². The van der Waals surface area contributed by atoms with Crippen LogP contribution in [0, 0.1) is 5.92 Å². The lowest BCUT2D eigenvalue weighted by atomic mass is 9.94. The van der Waals surface area contributed by atoms with Gasteiger partial charge in [0.25, 0.3) is 0 Å². The Hall–Kier alpha value is -2.90. The highest BCUT2D eigenvalue weighted by atomic mass is 19.4. The highest BCUT2D eigenvalue weighted by Crippen LogP contribution is 2.38. The lowest BCUT2D eigenvalue weighted by Crippen LogP contribution is -2.32. The number of carboxylic acids is 1. The average molecular weight is 406 g/mol. The van der Waals surface area contributed by atoms with Gasteiger partial charge in [-0.3, -0.25) is 14.6 Å². The molecule has 8 heteroatoms. The SMILES string of the molecule is CCN(Cc1c(-c2cncc(CC(=O)O)c2)cccc1C(F)(F)F)C(=O)C1CC1. The van der Waals surface area contributed by atoms with Crippen LogP contribution in [0.2, 0.25) is 0 Å². The average Bonchev–Trinajstić information content (AvgIpc) is 3.49. The summed E-state index contributed by atoms with van der Waals surface area (Å²) in [6.45, 7) is 1.88. The molecule has 0 saturated heterocycles. The Labute approximate surface area is 166 Å². The van der Waals surface area contributed by atoms with Crippen molar-refractivity contribution in [2.24, 2.45) is 5.92 Å². The summed E-state index contributed by atoms with van der Waals surface area (Å²) < 4.78 is 41.2. The highest BCUT2D eigenvalue weighted by Gasteiger charge is 2.37. The zero-order valence-electron chi connectivity index (χ0n) is 15.9. The Morgan fingerprint density at radius 2 is 1.97 bits per heavy atom. The summed E-state index contributed by atoms with van der Waals surface area (Å²) in [7, 11) is 0. The van der Waals surface area contributed by atoms with Crippen LogP contribution in [0.15, 0.2) is 36.7 Å². The first kappa shape index (κ1) is 20.8. The van der Waals surface area contributed by atoms with E-state index in [9.17, 15) is 22.8 Å². The first-order chi connectivity index (χ1) is 13.7. The Bertz CT molecular complexity index is 924. The van der Waals surface area contributed by atoms with E-state index >= 15 is 0 Å². The molecule has 1 aliphatic carbocycles. The van der Waals surface area contributed by atoms with Gasteiger partial charge in [-0.25, -0.2) is 0 Å². The van der Waals surface area contributed by atoms with Gasteiger partial charge in [0, 0.05) is 37.0 Å². The van der Waals surface area contributed by atoms with Crippen molar-refractivity contribution in [3.8, 4) is 11.1 Å². The maximum Gasteiger partial charge on any atom is 0.416 e. The van der Waals surface area contributed by atoms with Crippen LogP contribution in [0.4, 0.5) is 13.2 Å². The van der Waals surface area contributed by atoms with E-state index in [1.54, 1.807) is 13.0 Å². The summed E-state index contributed by atoms with van der Waals surface area (Å²) in [4.78, 5) is 28.9. The van der Waals surface area contributed by atoms with Crippen molar-refractivity contribution in [2.75, 3.05) is 6.54 Å². The monoisotopic (exact) mass is 406 g/mol. The number of benzene rings is 1. The van der Waals surface area contributed by atoms with Crippen LogP contribution in [0.1, 0.15) is 36.5 Å². The molecule has 1 aliphatic rings. The molecule has 2 aromatic rings. The van der Waals surface area contributed by atoms with Crippen LogP contribution < -0.4 is 0 Å². The van der Waals surface area contributed by atoms with Crippen molar-refractivity contribution in [3.63, 3.8) is 0 Å². The van der Waals surface area contributed by atoms with Gasteiger partial charge < -0.3 is 10.0 Å². The van der Waals surface area contributed by atoms with Crippen LogP contribution in [0.25, 0.3) is 11.1 Å². The molecule has 29 heavy (non-hydrogen) atoms. The van der Waals surface area contributed by atoms with Gasteiger partial charge >= 0.3 is 12.1 Å². The zero-order valence-corrected chi connectivity index (χ0v) is 15.9. The molecule has 0 radical (unpaired) electrons. The number of aliphatic carboxylic acids is 1. The molecule has 0 unspecified atom stereocenters. The third kappa shape index (κ3) is 4.93. The molecule has 1 N–H and O–H groups in total. The summed E-state index contributed by atoms with van der Waals surface area (Å²) in [5.74, 6) is -1.29. The fourth-order valence-electron chi connectivity index (χ4n) is 3.32. The molecule has 1 heterocycles. The first-order valence-corrected chi connectivity index (χ1v) is 9.34. The molecule has 1 aromatic heterocycles. The number of nitrogens with zero attached hydrogens (tertiary/aromatic N) is 2. The van der Waals surface area contributed by atoms with Crippen molar-refractivity contribution in [2.45, 2.75) is 38.9 Å². The number of alkyl halides is 3. The van der Waals surface area contributed by atoms with Gasteiger partial charge in [-0.15, -0.1) is 0 Å². The number of carbonyl (C=O) groups is 2. The van der Waals surface area contributed by atoms with E-state index in [0.717, 1.165) is 18.9 Å². The Morgan fingerprint density at radius 3 is 2.55 bits per heavy atom. The quantitative estimate of drug-likeness (QED) is 0.750. The van der Waals surface area contributed by atoms with Crippen LogP contribution in [-0.4, -0.2) is 33.4 Å². The number of pyridine rings is 1. The fourth-order valence-corrected chi connectivity index (χ4v) is 3.32. The van der Waals surface area contributed by atoms with Gasteiger partial charge in [0.05, 0.1) is 12.0 Å². The van der Waals surface area contributed by atoms with Crippen LogP contribution in [-0.2, 0) is 28.7 Å². The van der Waals surface area contributed by atoms with E-state index in [4.69, 9.17) is 5.11 Å². The lowest BCUT2D eigenvalue weighted by molar-refractivity contribution is -0.140. The minimum Gasteiger partial charge on any atom is -0.481 e. The molecule has 0 atom stereocenters. The van der Waals surface area contributed by atoms with Gasteiger partial charge in [0.2, 0.25) is 5.91 Å². The van der Waals surface area contributed by atoms with Crippen molar-refractivity contribution >= 4 is 11.9 Å². The molecule has 1 fully saturated rings. The summed E-state index contributed by atoms with van der Waals surface area (Å²) in [6, 6.07) is 5.38. The molecule has 0 bridgehead atoms. The molecular weight excluding hydrogens is 385 g/mol. The maximum atomic E-state index is 13.7. The summed E-state index contributed by atoms with van der Waals surface area (Å²) >= 11 is 0. The van der Waals surface area contributed by atoms with Crippen molar-refractivity contribution < 1.29 is 27.9 Å². The predicted octanol–water partition coefficient (Wildman–Crippen LogP) is 4.15. The molecule has 0 spiro atoms. The molecule has 3 rings (SSSR count). The minimum atomic E-state index is -4.58. The second-order valence-corrected chi connectivity index (χ2v) is 7.11. The van der Waals surface area contributed by atoms with E-state index < -0.39 is 17.7 Å². The lowest BCUT2D eigenvalue weighted by Gasteiger charge is -2.25. The summed E-state index contributed by atoms with van der Waals surface area (Å²) in [5, 5.41) is 8.98. The number of halogens is 3. The highest BCUT2D eigenvalue weighted by molar-refractivity contribution is 5.81. The van der Waals surface area contributed by atoms with Crippen LogP contribution in [0.3, 0.4) is 0 Å². The predicted molar refractivity (Wildman–Crippen MR) is 99.8 cm³/mol. The second kappa shape index (κ2) is 8.23. The van der Waals surface area contributed by atoms with E-state index in [0.29, 0.717) is 23.2 Å². The molecule has 1 aromatic carbocycles. The molecule has 0 aliphatic heterocycles. The third-order valence-electron chi connectivity index (χ3n) is 4.91. The van der Waals surface area contributed by atoms with Gasteiger partial charge in [-0.05, 0) is 48.6 Å². The normalized spacial score (nSPS) is 13.9. The van der Waals surface area contributed by atoms with Gasteiger partial charge in [0.1, 0.15) is 0 Å². The van der Waals surface area contributed by atoms with Crippen molar-refractivity contribution in [1.29, 1.82) is 0 Å². The number of hydrogen-bond donors (Lipinski definition) is 1. The van der Waals surface area contributed by atoms with E-state index in [1.165, 1.54) is 29.4 Å². The first-order valence-electron chi connectivity index (χ1n) is 9.34. The standard InChI is InChI=1S/C21H21F3N2O3/c1-2-26(20(29)14-6-7-14)12-17-16(4-3-5-18(17)21(22,23)24)15-8-13(9-19(27)28)10-25-11-15/h3-5,8,10-11,14H,2,6-7,9,12H2,1H3,(H,27,28). The summed E-state index contributed by atoms with van der Waals surface area (Å²) in [6.07, 6.45) is -0.548. The number of hydrogen-bond acceptors (Lipinski definition) is 3. The van der Waals surface area contributed by atoms with Crippen LogP contribution >= 0.6 is 0 Å². The molecule has 154 valence electrons. The Kier molecular flexibility index (Phi) is 5.91. The van der Waals surface area contributed by atoms with E-state index in [2.05, 4.69) is 4.98 Å². The molecule has 1 saturated carbocycles. The fraction of sp³-hybridized carbons (Fsp3) is 0.381. The Balaban J connectivity index is 2.07. The topological polar surface area (TPSA) is 70.5 Å². The largest absolute Gasteiger partial charge is 0.481 e. The van der Waals surface area contributed by atoms with Crippen LogP contribution in [0.5, 0.6) is 0 Å². The maximum absolute atomic E-state index is 13.7. The number of aromatic nitrogens is 1. The summed E-state index contributed by atoms with van der Waals surface area (Å²) in [5.41, 5.74) is 0.256. The third-order valence-corrected chi connectivity index (χ3v) is 4.91. The molecule has 5 nitrogen and oxygen atoms in total. The van der Waals surface area contributed by atoms with Gasteiger partial charge in [0.15, 0.2) is 0 Å². The van der Waals surface area contributed by atoms with E-state index in [-0.39, 0.29) is 30.4 Å². The number of rotatable bonds is 7. The van der Waals surface area contributed by atoms with Crippen molar-refractivity contribution in [3.05, 3.63) is 53.3 Å². The molecule has 1 amide bonds. The number of carbonyl (C=O) groups excluding carboxylic acids is 1. The number of amides is 1.